The Kier molecular flexibility index (Phi) is 8.11. The van der Waals surface area contributed by atoms with E-state index in [0.717, 1.165) is 18.6 Å². The van der Waals surface area contributed by atoms with E-state index in [0.29, 0.717) is 35.8 Å². The minimum Gasteiger partial charge on any atom is -0.497 e. The van der Waals surface area contributed by atoms with E-state index < -0.39 is 11.5 Å². The Morgan fingerprint density at radius 2 is 1.31 bits per heavy atom. The predicted octanol–water partition coefficient (Wildman–Crippen LogP) is 3.92. The monoisotopic (exact) mass is 435 g/mol. The zero-order valence-corrected chi connectivity index (χ0v) is 18.4. The van der Waals surface area contributed by atoms with Crippen molar-refractivity contribution < 1.29 is 24.1 Å². The van der Waals surface area contributed by atoms with Crippen LogP contribution in [0, 0.1) is 0 Å². The van der Waals surface area contributed by atoms with Gasteiger partial charge in [0.05, 0.1) is 20.8 Å². The summed E-state index contributed by atoms with van der Waals surface area (Å²) in [7, 11) is 3.14. The Balaban J connectivity index is 1.66. The summed E-state index contributed by atoms with van der Waals surface area (Å²) in [6, 6.07) is 23.3. The predicted molar refractivity (Wildman–Crippen MR) is 123 cm³/mol. The number of rotatable bonds is 11. The number of ether oxygens (including phenoxy) is 3. The molecule has 6 heteroatoms. The van der Waals surface area contributed by atoms with E-state index in [-0.39, 0.29) is 0 Å². The molecule has 0 heterocycles. The van der Waals surface area contributed by atoms with Crippen molar-refractivity contribution in [3.63, 3.8) is 0 Å². The largest absolute Gasteiger partial charge is 0.497 e. The SMILES string of the molecule is COc1ccc(C(O)(C(=O)NCCCCOc2ccccc2)c2ccc(OC)cc2)cc1. The van der Waals surface area contributed by atoms with Crippen molar-refractivity contribution in [2.45, 2.75) is 18.4 Å². The van der Waals surface area contributed by atoms with Crippen molar-refractivity contribution in [3.05, 3.63) is 90.0 Å². The van der Waals surface area contributed by atoms with Crippen molar-refractivity contribution >= 4 is 5.91 Å². The Morgan fingerprint density at radius 3 is 1.81 bits per heavy atom. The van der Waals surface area contributed by atoms with Gasteiger partial charge in [0.15, 0.2) is 5.60 Å². The van der Waals surface area contributed by atoms with Gasteiger partial charge in [0, 0.05) is 6.54 Å². The fraction of sp³-hybridized carbons (Fsp3) is 0.269. The fourth-order valence-electron chi connectivity index (χ4n) is 3.36. The highest BCUT2D eigenvalue weighted by Crippen LogP contribution is 2.32. The van der Waals surface area contributed by atoms with Crippen LogP contribution in [-0.2, 0) is 10.4 Å². The molecule has 0 fully saturated rings. The highest BCUT2D eigenvalue weighted by molar-refractivity contribution is 5.90. The normalized spacial score (nSPS) is 11.0. The van der Waals surface area contributed by atoms with Gasteiger partial charge in [0.2, 0.25) is 0 Å². The number of carbonyl (C=O) groups excluding carboxylic acids is 1. The first-order valence-corrected chi connectivity index (χ1v) is 10.6. The Hall–Kier alpha value is -3.51. The molecule has 2 N–H and O–H groups in total. The van der Waals surface area contributed by atoms with E-state index >= 15 is 0 Å². The molecule has 0 saturated heterocycles. The standard InChI is InChI=1S/C26H29NO5/c1-30-22-14-10-20(11-15-22)26(29,21-12-16-23(31-2)17-13-21)25(28)27-18-6-7-19-32-24-8-4-3-5-9-24/h3-5,8-17,29H,6-7,18-19H2,1-2H3,(H,27,28). The van der Waals surface area contributed by atoms with Crippen LogP contribution in [0.1, 0.15) is 24.0 Å². The maximum absolute atomic E-state index is 13.2. The number of hydrogen-bond donors (Lipinski definition) is 2. The summed E-state index contributed by atoms with van der Waals surface area (Å²) < 4.78 is 16.1. The molecule has 0 radical (unpaired) electrons. The number of para-hydroxylation sites is 1. The first-order chi connectivity index (χ1) is 15.6. The molecule has 3 aromatic rings. The van der Waals surface area contributed by atoms with Crippen LogP contribution in [0.2, 0.25) is 0 Å². The smallest absolute Gasteiger partial charge is 0.261 e. The van der Waals surface area contributed by atoms with E-state index in [9.17, 15) is 9.90 Å². The lowest BCUT2D eigenvalue weighted by atomic mass is 9.85. The second-order valence-electron chi connectivity index (χ2n) is 7.29. The van der Waals surface area contributed by atoms with Crippen molar-refractivity contribution in [2.75, 3.05) is 27.4 Å². The quantitative estimate of drug-likeness (QED) is 0.447. The Morgan fingerprint density at radius 1 is 0.781 bits per heavy atom. The van der Waals surface area contributed by atoms with E-state index in [1.54, 1.807) is 62.8 Å². The zero-order valence-electron chi connectivity index (χ0n) is 18.4. The number of methoxy groups -OCH3 is 2. The second kappa shape index (κ2) is 11.2. The zero-order chi connectivity index (χ0) is 22.8. The van der Waals surface area contributed by atoms with Crippen molar-refractivity contribution in [2.24, 2.45) is 0 Å². The molecule has 0 aromatic heterocycles. The van der Waals surface area contributed by atoms with Crippen LogP contribution in [0.5, 0.6) is 17.2 Å². The highest BCUT2D eigenvalue weighted by atomic mass is 16.5. The number of carbonyl (C=O) groups is 1. The molecule has 0 saturated carbocycles. The van der Waals surface area contributed by atoms with Gasteiger partial charge in [-0.25, -0.2) is 0 Å². The molecule has 0 bridgehead atoms. The topological polar surface area (TPSA) is 77.0 Å². The lowest BCUT2D eigenvalue weighted by molar-refractivity contribution is -0.136. The van der Waals surface area contributed by atoms with Crippen LogP contribution in [0.25, 0.3) is 0 Å². The Labute approximate surface area is 188 Å². The summed E-state index contributed by atoms with van der Waals surface area (Å²) in [5.74, 6) is 1.62. The molecule has 1 amide bonds. The van der Waals surface area contributed by atoms with Crippen molar-refractivity contribution in [1.29, 1.82) is 0 Å². The molecule has 0 atom stereocenters. The van der Waals surface area contributed by atoms with E-state index in [2.05, 4.69) is 5.32 Å². The van der Waals surface area contributed by atoms with E-state index in [1.165, 1.54) is 0 Å². The van der Waals surface area contributed by atoms with Crippen molar-refractivity contribution in [3.8, 4) is 17.2 Å². The van der Waals surface area contributed by atoms with Crippen LogP contribution in [0.4, 0.5) is 0 Å². The minimum atomic E-state index is -1.85. The molecule has 3 rings (SSSR count). The summed E-state index contributed by atoms with van der Waals surface area (Å²) in [5.41, 5.74) is -0.944. The summed E-state index contributed by atoms with van der Waals surface area (Å²) >= 11 is 0. The van der Waals surface area contributed by atoms with Gasteiger partial charge in [-0.2, -0.15) is 0 Å². The molecule has 168 valence electrons. The molecular weight excluding hydrogens is 406 g/mol. The van der Waals surface area contributed by atoms with Gasteiger partial charge >= 0.3 is 0 Å². The van der Waals surface area contributed by atoms with Gasteiger partial charge in [0.25, 0.3) is 5.91 Å². The second-order valence-corrected chi connectivity index (χ2v) is 7.29. The maximum Gasteiger partial charge on any atom is 0.261 e. The Bertz CT molecular complexity index is 924. The summed E-state index contributed by atoms with van der Waals surface area (Å²) in [4.78, 5) is 13.2. The third-order valence-electron chi connectivity index (χ3n) is 5.21. The fourth-order valence-corrected chi connectivity index (χ4v) is 3.36. The van der Waals surface area contributed by atoms with Crippen molar-refractivity contribution in [1.82, 2.24) is 5.32 Å². The number of aliphatic hydroxyl groups is 1. The van der Waals surface area contributed by atoms with E-state index in [4.69, 9.17) is 14.2 Å². The lowest BCUT2D eigenvalue weighted by Gasteiger charge is -2.28. The van der Waals surface area contributed by atoms with Crippen LogP contribution < -0.4 is 19.5 Å². The average Bonchev–Trinajstić information content (AvgIpc) is 2.86. The van der Waals surface area contributed by atoms with Crippen LogP contribution >= 0.6 is 0 Å². The molecule has 0 aliphatic carbocycles. The van der Waals surface area contributed by atoms with Gasteiger partial charge in [0.1, 0.15) is 17.2 Å². The minimum absolute atomic E-state index is 0.422. The molecular formula is C26H29NO5. The van der Waals surface area contributed by atoms with Gasteiger partial charge in [-0.05, 0) is 60.4 Å². The number of amides is 1. The van der Waals surface area contributed by atoms with Crippen LogP contribution in [0.3, 0.4) is 0 Å². The van der Waals surface area contributed by atoms with Gasteiger partial charge in [-0.15, -0.1) is 0 Å². The highest BCUT2D eigenvalue weighted by Gasteiger charge is 2.39. The molecule has 0 spiro atoms. The number of unbranched alkanes of at least 4 members (excludes halogenated alkanes) is 1. The number of hydrogen-bond acceptors (Lipinski definition) is 5. The number of benzene rings is 3. The van der Waals surface area contributed by atoms with Crippen LogP contribution in [-0.4, -0.2) is 38.4 Å². The molecule has 0 aliphatic rings. The number of nitrogens with one attached hydrogen (secondary N) is 1. The first kappa shape index (κ1) is 23.2. The lowest BCUT2D eigenvalue weighted by Crippen LogP contribution is -2.45. The van der Waals surface area contributed by atoms with Crippen LogP contribution in [0.15, 0.2) is 78.9 Å². The van der Waals surface area contributed by atoms with Gasteiger partial charge in [-0.1, -0.05) is 42.5 Å². The molecule has 0 unspecified atom stereocenters. The third kappa shape index (κ3) is 5.59. The van der Waals surface area contributed by atoms with Gasteiger partial charge < -0.3 is 24.6 Å². The third-order valence-corrected chi connectivity index (χ3v) is 5.21. The maximum atomic E-state index is 13.2. The first-order valence-electron chi connectivity index (χ1n) is 10.6. The molecule has 32 heavy (non-hydrogen) atoms. The average molecular weight is 436 g/mol. The summed E-state index contributed by atoms with van der Waals surface area (Å²) in [6.07, 6.45) is 1.50. The molecule has 3 aromatic carbocycles. The van der Waals surface area contributed by atoms with E-state index in [1.807, 2.05) is 30.3 Å². The molecule has 6 nitrogen and oxygen atoms in total. The summed E-state index contributed by atoms with van der Waals surface area (Å²) in [5, 5.41) is 14.5. The summed E-state index contributed by atoms with van der Waals surface area (Å²) in [6.45, 7) is 0.979. The molecule has 0 aliphatic heterocycles. The van der Waals surface area contributed by atoms with Gasteiger partial charge in [-0.3, -0.25) is 4.79 Å².